The molecule has 7 atom stereocenters. The van der Waals surface area contributed by atoms with Crippen molar-refractivity contribution in [3.8, 4) is 11.1 Å². The zero-order valence-electron chi connectivity index (χ0n) is 27.4. The number of carbonyl (C=O) groups is 6. The highest BCUT2D eigenvalue weighted by Gasteiger charge is 2.61. The molecule has 4 rings (SSSR count). The minimum Gasteiger partial charge on any atom is -0.480 e. The van der Waals surface area contributed by atoms with Gasteiger partial charge < -0.3 is 49.3 Å². The number of nitrogens with one attached hydrogen (secondary N) is 2. The van der Waals surface area contributed by atoms with Crippen LogP contribution in [-0.4, -0.2) is 102 Å². The molecule has 1 fully saturated rings. The molecule has 1 saturated heterocycles. The summed E-state index contributed by atoms with van der Waals surface area (Å²) in [6, 6.07) is 13.5. The van der Waals surface area contributed by atoms with Crippen LogP contribution in [0.3, 0.4) is 0 Å². The van der Waals surface area contributed by atoms with Gasteiger partial charge in [-0.3, -0.25) is 19.2 Å². The fourth-order valence-corrected chi connectivity index (χ4v) is 5.89. The lowest BCUT2D eigenvalue weighted by molar-refractivity contribution is -0.357. The van der Waals surface area contributed by atoms with E-state index in [0.717, 1.165) is 49.9 Å². The van der Waals surface area contributed by atoms with E-state index in [1.807, 2.05) is 48.5 Å². The normalized spacial score (nSPS) is 23.9. The van der Waals surface area contributed by atoms with Crippen molar-refractivity contribution in [2.45, 2.75) is 83.0 Å². The first-order valence-corrected chi connectivity index (χ1v) is 15.3. The van der Waals surface area contributed by atoms with Crippen LogP contribution in [0.5, 0.6) is 0 Å². The summed E-state index contributed by atoms with van der Waals surface area (Å²) < 4.78 is 32.6. The summed E-state index contributed by atoms with van der Waals surface area (Å²) in [7, 11) is 0. The van der Waals surface area contributed by atoms with E-state index in [1.54, 1.807) is 0 Å². The molecule has 0 aromatic heterocycles. The largest absolute Gasteiger partial charge is 0.480 e. The summed E-state index contributed by atoms with van der Waals surface area (Å²) in [4.78, 5) is 73.4. The number of carbonyl (C=O) groups excluding carboxylic acids is 5. The van der Waals surface area contributed by atoms with E-state index in [-0.39, 0.29) is 12.5 Å². The Hall–Kier alpha value is -5.06. The van der Waals surface area contributed by atoms with Crippen LogP contribution in [0, 0.1) is 0 Å². The van der Waals surface area contributed by atoms with Gasteiger partial charge in [0.05, 0.1) is 6.10 Å². The van der Waals surface area contributed by atoms with Gasteiger partial charge in [-0.2, -0.15) is 0 Å². The Bertz CT molecular complexity index is 1550. The lowest BCUT2D eigenvalue weighted by Crippen LogP contribution is -2.75. The van der Waals surface area contributed by atoms with Crippen LogP contribution in [0.25, 0.3) is 11.1 Å². The third-order valence-corrected chi connectivity index (χ3v) is 7.87. The Morgan fingerprint density at radius 2 is 1.41 bits per heavy atom. The first-order valence-electron chi connectivity index (χ1n) is 15.3. The van der Waals surface area contributed by atoms with Gasteiger partial charge in [0.2, 0.25) is 17.9 Å². The minimum atomic E-state index is -2.80. The van der Waals surface area contributed by atoms with Gasteiger partial charge in [0.1, 0.15) is 19.3 Å². The van der Waals surface area contributed by atoms with Crippen molar-refractivity contribution in [3.63, 3.8) is 0 Å². The van der Waals surface area contributed by atoms with E-state index in [4.69, 9.17) is 28.4 Å². The van der Waals surface area contributed by atoms with E-state index >= 15 is 0 Å². The fourth-order valence-electron chi connectivity index (χ4n) is 5.89. The second kappa shape index (κ2) is 15.4. The summed E-state index contributed by atoms with van der Waals surface area (Å²) in [6.07, 6.45) is -9.69. The highest BCUT2D eigenvalue weighted by atomic mass is 16.7. The smallest absolute Gasteiger partial charge is 0.407 e. The highest BCUT2D eigenvalue weighted by Crippen LogP contribution is 2.44. The average molecular weight is 687 g/mol. The van der Waals surface area contributed by atoms with Crippen molar-refractivity contribution in [1.82, 2.24) is 10.6 Å². The monoisotopic (exact) mass is 686 g/mol. The molecule has 49 heavy (non-hydrogen) atoms. The van der Waals surface area contributed by atoms with Gasteiger partial charge in [-0.15, -0.1) is 0 Å². The van der Waals surface area contributed by atoms with Crippen molar-refractivity contribution in [2.24, 2.45) is 0 Å². The van der Waals surface area contributed by atoms with Crippen LogP contribution in [-0.2, 0) is 52.4 Å². The Morgan fingerprint density at radius 3 is 1.92 bits per heavy atom. The van der Waals surface area contributed by atoms with Crippen LogP contribution in [0.4, 0.5) is 4.79 Å². The Morgan fingerprint density at radius 1 is 0.837 bits per heavy atom. The van der Waals surface area contributed by atoms with Crippen molar-refractivity contribution in [2.75, 3.05) is 13.2 Å². The van der Waals surface area contributed by atoms with Crippen LogP contribution < -0.4 is 10.6 Å². The van der Waals surface area contributed by atoms with Gasteiger partial charge in [0.15, 0.2) is 18.2 Å². The molecule has 1 aliphatic carbocycles. The number of rotatable bonds is 12. The van der Waals surface area contributed by atoms with Crippen molar-refractivity contribution >= 4 is 35.9 Å². The molecule has 2 aliphatic rings. The van der Waals surface area contributed by atoms with Crippen LogP contribution in [0.15, 0.2) is 48.5 Å². The molecule has 0 bridgehead atoms. The van der Waals surface area contributed by atoms with Crippen molar-refractivity contribution < 1.29 is 67.4 Å². The quantitative estimate of drug-likeness (QED) is 0.141. The Kier molecular flexibility index (Phi) is 11.6. The predicted octanol–water partition coefficient (Wildman–Crippen LogP) is 1.36. The van der Waals surface area contributed by atoms with Crippen molar-refractivity contribution in [1.29, 1.82) is 0 Å². The topological polar surface area (TPSA) is 222 Å². The number of hydrogen-bond donors (Lipinski definition) is 4. The molecular formula is C33H38N2O14. The molecule has 2 amide bonds. The van der Waals surface area contributed by atoms with Crippen LogP contribution in [0.2, 0.25) is 0 Å². The van der Waals surface area contributed by atoms with E-state index in [0.29, 0.717) is 0 Å². The van der Waals surface area contributed by atoms with Gasteiger partial charge in [-0.05, 0) is 29.2 Å². The molecule has 0 unspecified atom stereocenters. The number of aliphatic hydroxyl groups is 1. The van der Waals surface area contributed by atoms with E-state index in [9.17, 15) is 39.0 Å². The molecule has 1 aliphatic heterocycles. The summed E-state index contributed by atoms with van der Waals surface area (Å²) in [5.74, 6) is -5.40. The summed E-state index contributed by atoms with van der Waals surface area (Å²) in [5, 5.41) is 26.2. The van der Waals surface area contributed by atoms with Gasteiger partial charge in [0, 0.05) is 33.6 Å². The van der Waals surface area contributed by atoms with E-state index < -0.39 is 85.0 Å². The van der Waals surface area contributed by atoms with Gasteiger partial charge in [-0.1, -0.05) is 48.5 Å². The molecule has 0 radical (unpaired) electrons. The molecule has 16 nitrogen and oxygen atoms in total. The predicted molar refractivity (Wildman–Crippen MR) is 165 cm³/mol. The van der Waals surface area contributed by atoms with Gasteiger partial charge in [-0.25, -0.2) is 9.59 Å². The van der Waals surface area contributed by atoms with Gasteiger partial charge >= 0.3 is 30.0 Å². The summed E-state index contributed by atoms with van der Waals surface area (Å²) in [6.45, 7) is 4.59. The lowest BCUT2D eigenvalue weighted by atomic mass is 9.92. The molecule has 2 aromatic rings. The molecule has 4 N–H and O–H groups in total. The highest BCUT2D eigenvalue weighted by molar-refractivity contribution is 5.81. The number of ether oxygens (including phenoxy) is 6. The number of alkyl carbamates (subject to hydrolysis) is 1. The molecule has 2 aromatic carbocycles. The maximum absolute atomic E-state index is 13.0. The van der Waals surface area contributed by atoms with E-state index in [2.05, 4.69) is 10.6 Å². The first-order chi connectivity index (χ1) is 23.1. The second-order valence-corrected chi connectivity index (χ2v) is 11.5. The number of hydrogen-bond acceptors (Lipinski definition) is 13. The SMILES string of the molecule is CC(=O)N[C@]1(O)[C@@H](O[C@H](C)[C@H](NC(=O)OCC2c3ccccc3-c3ccccc32)C(=O)O)O[C@H](COC(C)=O)[C@H](OC(C)=O)[C@@H]1OC(C)=O. The van der Waals surface area contributed by atoms with Crippen LogP contribution >= 0.6 is 0 Å². The van der Waals surface area contributed by atoms with Crippen LogP contribution in [0.1, 0.15) is 51.7 Å². The minimum absolute atomic E-state index is 0.116. The zero-order chi connectivity index (χ0) is 36.0. The zero-order valence-corrected chi connectivity index (χ0v) is 27.4. The Balaban J connectivity index is 1.55. The number of esters is 3. The molecule has 0 spiro atoms. The number of fused-ring (bicyclic) bond motifs is 3. The molecular weight excluding hydrogens is 648 g/mol. The average Bonchev–Trinajstić information content (AvgIpc) is 3.34. The number of benzene rings is 2. The maximum Gasteiger partial charge on any atom is 0.407 e. The first kappa shape index (κ1) is 36.8. The lowest BCUT2D eigenvalue weighted by Gasteiger charge is -2.50. The maximum atomic E-state index is 13.0. The number of aliphatic carboxylic acids is 1. The number of amides is 2. The molecule has 16 heteroatoms. The fraction of sp³-hybridized carbons (Fsp3) is 0.455. The standard InChI is InChI=1S/C33H38N2O14/c1-16(27(30(40)41)34-32(42)45-14-25-23-12-8-6-10-21(23)22-11-7-9-13-24(22)25)46-31-33(43,35-17(2)36)29(48-20(5)39)28(47-19(4)38)26(49-31)15-44-18(3)37/h6-13,16,25-29,31,43H,14-15H2,1-5H3,(H,34,42)(H,35,36)(H,40,41)/t16-,26-,27+,28+,29+,31+,33-/m1/s1. The molecule has 1 heterocycles. The summed E-state index contributed by atoms with van der Waals surface area (Å²) >= 11 is 0. The third kappa shape index (κ3) is 8.51. The number of carboxylic acid groups (broad SMARTS) is 1. The molecule has 264 valence electrons. The third-order valence-electron chi connectivity index (χ3n) is 7.87. The van der Waals surface area contributed by atoms with Gasteiger partial charge in [0.25, 0.3) is 0 Å². The van der Waals surface area contributed by atoms with E-state index in [1.165, 1.54) is 6.92 Å². The number of carboxylic acids is 1. The second-order valence-electron chi connectivity index (χ2n) is 11.5. The Labute approximate surface area is 280 Å². The van der Waals surface area contributed by atoms with Crippen molar-refractivity contribution in [3.05, 3.63) is 59.7 Å². The molecule has 0 saturated carbocycles. The summed E-state index contributed by atoms with van der Waals surface area (Å²) in [5.41, 5.74) is 1.06.